The molecule has 0 spiro atoms. The van der Waals surface area contributed by atoms with Gasteiger partial charge >= 0.3 is 0 Å². The lowest BCUT2D eigenvalue weighted by atomic mass is 10.0. The van der Waals surface area contributed by atoms with Crippen molar-refractivity contribution < 1.29 is 4.39 Å². The summed E-state index contributed by atoms with van der Waals surface area (Å²) in [7, 11) is 0. The molecule has 128 valence electrons. The number of para-hydroxylation sites is 1. The highest BCUT2D eigenvalue weighted by Gasteiger charge is 2.19. The summed E-state index contributed by atoms with van der Waals surface area (Å²) in [5.41, 5.74) is 2.17. The van der Waals surface area contributed by atoms with Crippen molar-refractivity contribution in [3.63, 3.8) is 0 Å². The molecule has 0 N–H and O–H groups in total. The van der Waals surface area contributed by atoms with E-state index < -0.39 is 0 Å². The normalized spacial score (nSPS) is 17.1. The third kappa shape index (κ3) is 5.98. The molecule has 1 atom stereocenters. The quantitative estimate of drug-likeness (QED) is 0.671. The second-order valence-corrected chi connectivity index (χ2v) is 7.03. The topological polar surface area (TPSA) is 6.48 Å². The van der Waals surface area contributed by atoms with Gasteiger partial charge in [-0.15, -0.1) is 0 Å². The van der Waals surface area contributed by atoms with Gasteiger partial charge in [0.15, 0.2) is 0 Å². The van der Waals surface area contributed by atoms with Crippen LogP contribution in [0.2, 0.25) is 0 Å². The molecular formula is C20H31FN2. The van der Waals surface area contributed by atoms with Crippen molar-refractivity contribution in [2.75, 3.05) is 37.6 Å². The van der Waals surface area contributed by atoms with Crippen molar-refractivity contribution in [3.05, 3.63) is 41.7 Å². The van der Waals surface area contributed by atoms with Crippen LogP contribution in [0.4, 0.5) is 10.1 Å². The van der Waals surface area contributed by atoms with Crippen LogP contribution < -0.4 is 4.90 Å². The lowest BCUT2D eigenvalue weighted by Gasteiger charge is -2.36. The molecule has 1 saturated heterocycles. The number of rotatable bonds is 7. The third-order valence-electron chi connectivity index (χ3n) is 4.72. The smallest absolute Gasteiger partial charge is 0.146 e. The van der Waals surface area contributed by atoms with Crippen LogP contribution in [0.1, 0.15) is 40.0 Å². The van der Waals surface area contributed by atoms with E-state index in [1.54, 1.807) is 12.1 Å². The Morgan fingerprint density at radius 3 is 2.48 bits per heavy atom. The van der Waals surface area contributed by atoms with Crippen LogP contribution in [0.15, 0.2) is 35.9 Å². The molecule has 1 aromatic carbocycles. The van der Waals surface area contributed by atoms with E-state index in [4.69, 9.17) is 0 Å². The highest BCUT2D eigenvalue weighted by Crippen LogP contribution is 2.20. The van der Waals surface area contributed by atoms with Gasteiger partial charge in [0, 0.05) is 26.2 Å². The molecule has 0 saturated carbocycles. The summed E-state index contributed by atoms with van der Waals surface area (Å²) in [5.74, 6) is 0.670. The zero-order chi connectivity index (χ0) is 16.7. The van der Waals surface area contributed by atoms with Gasteiger partial charge in [-0.1, -0.05) is 30.7 Å². The number of halogens is 1. The summed E-state index contributed by atoms with van der Waals surface area (Å²) < 4.78 is 13.8. The fourth-order valence-corrected chi connectivity index (χ4v) is 3.12. The molecule has 2 nitrogen and oxygen atoms in total. The molecule has 0 aromatic heterocycles. The largest absolute Gasteiger partial charge is 0.367 e. The Hall–Kier alpha value is -1.35. The zero-order valence-corrected chi connectivity index (χ0v) is 14.9. The molecule has 0 aliphatic carbocycles. The Kier molecular flexibility index (Phi) is 7.10. The number of hydrogen-bond acceptors (Lipinski definition) is 2. The molecule has 0 unspecified atom stereocenters. The highest BCUT2D eigenvalue weighted by molar-refractivity contribution is 5.47. The van der Waals surface area contributed by atoms with E-state index in [1.807, 2.05) is 12.1 Å². The van der Waals surface area contributed by atoms with Crippen molar-refractivity contribution >= 4 is 5.69 Å². The molecule has 1 aliphatic heterocycles. The summed E-state index contributed by atoms with van der Waals surface area (Å²) >= 11 is 0. The number of nitrogens with zero attached hydrogens (tertiary/aromatic N) is 2. The first-order valence-corrected chi connectivity index (χ1v) is 8.91. The zero-order valence-electron chi connectivity index (χ0n) is 14.9. The lowest BCUT2D eigenvalue weighted by Crippen LogP contribution is -2.47. The minimum absolute atomic E-state index is 0.103. The number of anilines is 1. The Morgan fingerprint density at radius 1 is 1.13 bits per heavy atom. The molecule has 1 aliphatic rings. The monoisotopic (exact) mass is 318 g/mol. The second-order valence-electron chi connectivity index (χ2n) is 7.03. The van der Waals surface area contributed by atoms with E-state index in [-0.39, 0.29) is 5.82 Å². The van der Waals surface area contributed by atoms with E-state index in [1.165, 1.54) is 31.4 Å². The third-order valence-corrected chi connectivity index (χ3v) is 4.72. The van der Waals surface area contributed by atoms with Crippen molar-refractivity contribution in [1.82, 2.24) is 4.90 Å². The van der Waals surface area contributed by atoms with Crippen LogP contribution >= 0.6 is 0 Å². The van der Waals surface area contributed by atoms with Gasteiger partial charge < -0.3 is 4.90 Å². The minimum atomic E-state index is -0.103. The van der Waals surface area contributed by atoms with Gasteiger partial charge in [0.05, 0.1) is 5.69 Å². The van der Waals surface area contributed by atoms with E-state index in [0.29, 0.717) is 0 Å². The first-order chi connectivity index (χ1) is 11.1. The highest BCUT2D eigenvalue weighted by atomic mass is 19.1. The van der Waals surface area contributed by atoms with Crippen LogP contribution in [-0.4, -0.2) is 37.6 Å². The average molecular weight is 318 g/mol. The molecule has 23 heavy (non-hydrogen) atoms. The Morgan fingerprint density at radius 2 is 1.83 bits per heavy atom. The maximum atomic E-state index is 13.8. The molecule has 2 rings (SSSR count). The Balaban J connectivity index is 1.69. The number of benzene rings is 1. The SMILES string of the molecule is CC(C)=CCC[C@H](C)CCN1CCN(c2ccccc2F)CC1. The van der Waals surface area contributed by atoms with Crippen molar-refractivity contribution in [3.8, 4) is 0 Å². The van der Waals surface area contributed by atoms with E-state index in [0.717, 1.165) is 37.8 Å². The number of piperazine rings is 1. The van der Waals surface area contributed by atoms with Crippen molar-refractivity contribution in [2.24, 2.45) is 5.92 Å². The van der Waals surface area contributed by atoms with Gasteiger partial charge in [0.2, 0.25) is 0 Å². The number of allylic oxidation sites excluding steroid dienone is 2. The first kappa shape index (κ1) is 18.0. The second kappa shape index (κ2) is 9.07. The number of hydrogen-bond donors (Lipinski definition) is 0. The predicted octanol–water partition coefficient (Wildman–Crippen LogP) is 4.72. The maximum Gasteiger partial charge on any atom is 0.146 e. The van der Waals surface area contributed by atoms with Crippen LogP contribution in [0.5, 0.6) is 0 Å². The summed E-state index contributed by atoms with van der Waals surface area (Å²) in [4.78, 5) is 4.69. The Labute approximate surface area is 141 Å². The minimum Gasteiger partial charge on any atom is -0.367 e. The molecule has 1 heterocycles. The van der Waals surface area contributed by atoms with Crippen LogP contribution in [0.3, 0.4) is 0 Å². The molecule has 3 heteroatoms. The van der Waals surface area contributed by atoms with Crippen LogP contribution in [-0.2, 0) is 0 Å². The summed E-state index contributed by atoms with van der Waals surface area (Å²) in [6, 6.07) is 7.11. The fraction of sp³-hybridized carbons (Fsp3) is 0.600. The van der Waals surface area contributed by atoms with Gasteiger partial charge in [-0.05, 0) is 57.7 Å². The van der Waals surface area contributed by atoms with E-state index in [2.05, 4.69) is 36.6 Å². The predicted molar refractivity (Wildman–Crippen MR) is 97.5 cm³/mol. The molecule has 1 aromatic rings. The van der Waals surface area contributed by atoms with Gasteiger partial charge in [0.25, 0.3) is 0 Å². The van der Waals surface area contributed by atoms with E-state index >= 15 is 0 Å². The standard InChI is InChI=1S/C20H31FN2/c1-17(2)7-6-8-18(3)11-12-22-13-15-23(16-14-22)20-10-5-4-9-19(20)21/h4-5,7,9-10,18H,6,8,11-16H2,1-3H3/t18-/m0/s1. The molecule has 1 fully saturated rings. The Bertz CT molecular complexity index is 500. The van der Waals surface area contributed by atoms with Gasteiger partial charge in [0.1, 0.15) is 5.82 Å². The maximum absolute atomic E-state index is 13.8. The van der Waals surface area contributed by atoms with Crippen molar-refractivity contribution in [2.45, 2.75) is 40.0 Å². The van der Waals surface area contributed by atoms with Gasteiger partial charge in [-0.3, -0.25) is 4.90 Å². The molecule has 0 bridgehead atoms. The van der Waals surface area contributed by atoms with Gasteiger partial charge in [-0.2, -0.15) is 0 Å². The average Bonchev–Trinajstić information content (AvgIpc) is 2.54. The van der Waals surface area contributed by atoms with Crippen LogP contribution in [0, 0.1) is 11.7 Å². The lowest BCUT2D eigenvalue weighted by molar-refractivity contribution is 0.238. The first-order valence-electron chi connectivity index (χ1n) is 8.91. The molecular weight excluding hydrogens is 287 g/mol. The molecule has 0 amide bonds. The van der Waals surface area contributed by atoms with Gasteiger partial charge in [-0.25, -0.2) is 4.39 Å². The fourth-order valence-electron chi connectivity index (χ4n) is 3.12. The van der Waals surface area contributed by atoms with Crippen molar-refractivity contribution in [1.29, 1.82) is 0 Å². The summed E-state index contributed by atoms with van der Waals surface area (Å²) in [6.07, 6.45) is 6.07. The van der Waals surface area contributed by atoms with Crippen LogP contribution in [0.25, 0.3) is 0 Å². The summed E-state index contributed by atoms with van der Waals surface area (Å²) in [6.45, 7) is 11.8. The van der Waals surface area contributed by atoms with E-state index in [9.17, 15) is 4.39 Å². The molecule has 0 radical (unpaired) electrons. The summed E-state index contributed by atoms with van der Waals surface area (Å²) in [5, 5.41) is 0.